The molecule has 0 aliphatic heterocycles. The highest BCUT2D eigenvalue weighted by atomic mass is 31.2. The Morgan fingerprint density at radius 3 is 2.51 bits per heavy atom. The molecular formula is C29H34F3N8O6P. The van der Waals surface area contributed by atoms with Crippen molar-refractivity contribution in [1.82, 2.24) is 30.0 Å². The highest BCUT2D eigenvalue weighted by molar-refractivity contribution is 7.51. The zero-order chi connectivity index (χ0) is 34.4. The lowest BCUT2D eigenvalue weighted by atomic mass is 10.1. The van der Waals surface area contributed by atoms with E-state index in [4.69, 9.17) is 14.4 Å². The molecule has 4 rings (SSSR count). The molecule has 0 saturated carbocycles. The molecule has 1 unspecified atom stereocenters. The van der Waals surface area contributed by atoms with Crippen LogP contribution in [0.25, 0.3) is 11.3 Å². The van der Waals surface area contributed by atoms with Crippen LogP contribution < -0.4 is 20.7 Å². The van der Waals surface area contributed by atoms with Gasteiger partial charge < -0.3 is 35.2 Å². The Labute approximate surface area is 267 Å². The van der Waals surface area contributed by atoms with Crippen molar-refractivity contribution in [3.05, 3.63) is 65.2 Å². The second-order valence-electron chi connectivity index (χ2n) is 10.1. The van der Waals surface area contributed by atoms with Crippen molar-refractivity contribution in [2.75, 3.05) is 38.0 Å². The van der Waals surface area contributed by atoms with Crippen molar-refractivity contribution in [3.63, 3.8) is 0 Å². The average molecular weight is 679 g/mol. The summed E-state index contributed by atoms with van der Waals surface area (Å²) in [4.78, 5) is 35.2. The van der Waals surface area contributed by atoms with E-state index in [-0.39, 0.29) is 48.1 Å². The number of anilines is 4. The normalized spacial score (nSPS) is 12.8. The number of aromatic nitrogens is 5. The third kappa shape index (κ3) is 8.62. The summed E-state index contributed by atoms with van der Waals surface area (Å²) in [6.07, 6.45) is -2.51. The van der Waals surface area contributed by atoms with Crippen LogP contribution in [0.2, 0.25) is 0 Å². The van der Waals surface area contributed by atoms with E-state index in [1.807, 2.05) is 0 Å². The zero-order valence-corrected chi connectivity index (χ0v) is 26.8. The van der Waals surface area contributed by atoms with Crippen LogP contribution in [-0.4, -0.2) is 68.0 Å². The smallest absolute Gasteiger partial charge is 0.421 e. The van der Waals surface area contributed by atoms with E-state index in [0.29, 0.717) is 36.0 Å². The van der Waals surface area contributed by atoms with Crippen LogP contribution in [0.15, 0.2) is 42.7 Å². The minimum absolute atomic E-state index is 0.0161. The van der Waals surface area contributed by atoms with Gasteiger partial charge in [0.1, 0.15) is 17.1 Å². The Balaban J connectivity index is 1.69. The summed E-state index contributed by atoms with van der Waals surface area (Å²) in [5.74, 6) is -1.36. The first kappa shape index (κ1) is 35.3. The number of pyridine rings is 1. The molecule has 1 aromatic carbocycles. The lowest BCUT2D eigenvalue weighted by molar-refractivity contribution is -0.137. The number of rotatable bonds is 14. The van der Waals surface area contributed by atoms with Crippen LogP contribution in [0.3, 0.4) is 0 Å². The lowest BCUT2D eigenvalue weighted by Gasteiger charge is -2.17. The number of aliphatic hydroxyl groups excluding tert-OH is 1. The predicted octanol–water partition coefficient (Wildman–Crippen LogP) is 5.02. The summed E-state index contributed by atoms with van der Waals surface area (Å²) in [5, 5.41) is 21.3. The summed E-state index contributed by atoms with van der Waals surface area (Å²) in [6, 6.07) is 7.45. The zero-order valence-electron chi connectivity index (χ0n) is 25.9. The maximum Gasteiger partial charge on any atom is 0.421 e. The summed E-state index contributed by atoms with van der Waals surface area (Å²) in [5.41, 5.74) is 0.918. The molecule has 47 heavy (non-hydrogen) atoms. The molecule has 1 atom stereocenters. The minimum Gasteiger partial charge on any atom is -0.495 e. The lowest BCUT2D eigenvalue weighted by Crippen LogP contribution is -2.21. The molecule has 0 aliphatic carbocycles. The molecule has 0 spiro atoms. The van der Waals surface area contributed by atoms with Gasteiger partial charge in [-0.15, -0.1) is 0 Å². The summed E-state index contributed by atoms with van der Waals surface area (Å²) >= 11 is 0. The van der Waals surface area contributed by atoms with Gasteiger partial charge in [0.2, 0.25) is 5.95 Å². The molecule has 5 N–H and O–H groups in total. The molecular weight excluding hydrogens is 644 g/mol. The van der Waals surface area contributed by atoms with Gasteiger partial charge in [-0.2, -0.15) is 23.3 Å². The fraction of sp³-hybridized carbons (Fsp3) is 0.345. The summed E-state index contributed by atoms with van der Waals surface area (Å²) in [6.45, 7) is 3.89. The SMILES string of the molecule is CCOP(=O)(O)Cc1ccc(Nc2ncc(C(F)(F)F)c(Nc3ccc(-c4cnn(CCCO)c4C)nc3C(=O)NC)n2)c(OC)c1. The number of carbonyl (C=O) groups excluding carboxylic acids is 1. The first-order chi connectivity index (χ1) is 22.3. The largest absolute Gasteiger partial charge is 0.495 e. The van der Waals surface area contributed by atoms with Crippen LogP contribution in [-0.2, 0) is 28.0 Å². The molecule has 3 heterocycles. The van der Waals surface area contributed by atoms with Crippen LogP contribution in [0, 0.1) is 6.92 Å². The van der Waals surface area contributed by atoms with Gasteiger partial charge in [0.25, 0.3) is 5.91 Å². The number of amides is 1. The molecule has 0 bridgehead atoms. The third-order valence-corrected chi connectivity index (χ3v) is 8.24. The van der Waals surface area contributed by atoms with E-state index in [1.54, 1.807) is 24.7 Å². The fourth-order valence-corrected chi connectivity index (χ4v) is 5.71. The number of nitrogens with one attached hydrogen (secondary N) is 3. The number of hydrogen-bond donors (Lipinski definition) is 5. The Morgan fingerprint density at radius 2 is 1.85 bits per heavy atom. The second-order valence-corrected chi connectivity index (χ2v) is 11.9. The number of hydrogen-bond acceptors (Lipinski definition) is 11. The van der Waals surface area contributed by atoms with Crippen LogP contribution in [0.4, 0.5) is 36.3 Å². The Morgan fingerprint density at radius 1 is 1.11 bits per heavy atom. The van der Waals surface area contributed by atoms with Gasteiger partial charge in [-0.3, -0.25) is 14.0 Å². The predicted molar refractivity (Wildman–Crippen MR) is 167 cm³/mol. The van der Waals surface area contributed by atoms with Crippen molar-refractivity contribution in [1.29, 1.82) is 0 Å². The molecule has 14 nitrogen and oxygen atoms in total. The first-order valence-electron chi connectivity index (χ1n) is 14.3. The average Bonchev–Trinajstić information content (AvgIpc) is 3.39. The van der Waals surface area contributed by atoms with Crippen LogP contribution >= 0.6 is 7.60 Å². The van der Waals surface area contributed by atoms with Gasteiger partial charge >= 0.3 is 13.8 Å². The third-order valence-electron chi connectivity index (χ3n) is 6.82. The van der Waals surface area contributed by atoms with Gasteiger partial charge in [0.15, 0.2) is 5.69 Å². The molecule has 1 amide bonds. The van der Waals surface area contributed by atoms with E-state index in [1.165, 1.54) is 44.5 Å². The number of aryl methyl sites for hydroxylation is 1. The molecule has 4 aromatic rings. The highest BCUT2D eigenvalue weighted by Crippen LogP contribution is 2.46. The first-order valence-corrected chi connectivity index (χ1v) is 16.0. The van der Waals surface area contributed by atoms with Crippen LogP contribution in [0.5, 0.6) is 5.75 Å². The number of aliphatic hydroxyl groups is 1. The van der Waals surface area contributed by atoms with Crippen molar-refractivity contribution < 1.29 is 41.8 Å². The van der Waals surface area contributed by atoms with Gasteiger partial charge in [0, 0.05) is 37.7 Å². The van der Waals surface area contributed by atoms with E-state index in [0.717, 1.165) is 5.69 Å². The Bertz CT molecular complexity index is 1790. The van der Waals surface area contributed by atoms with Gasteiger partial charge in [-0.05, 0) is 50.1 Å². The van der Waals surface area contributed by atoms with E-state index in [9.17, 15) is 27.4 Å². The van der Waals surface area contributed by atoms with Crippen molar-refractivity contribution in [3.8, 4) is 17.0 Å². The quantitative estimate of drug-likeness (QED) is 0.112. The van der Waals surface area contributed by atoms with Gasteiger partial charge in [-0.1, -0.05) is 6.07 Å². The standard InChI is InChI=1S/C29H34F3N8O6P/c1-5-46-47(43,44)16-18-7-8-22(24(13-18)45-4)38-28-34-15-20(29(30,31)32)26(39-28)37-23-10-9-21(36-25(23)27(42)33-3)19-14-35-40(17(19)2)11-6-12-41/h7-10,13-15,41H,5-6,11-12,16H2,1-4H3,(H,33,42)(H,43,44)(H2,34,37,38,39). The Kier molecular flexibility index (Phi) is 11.2. The molecule has 0 saturated heterocycles. The molecule has 0 fully saturated rings. The number of methoxy groups -OCH3 is 1. The Hall–Kier alpha value is -4.57. The minimum atomic E-state index is -4.86. The second kappa shape index (κ2) is 14.9. The van der Waals surface area contributed by atoms with E-state index < -0.39 is 31.1 Å². The number of nitrogens with zero attached hydrogens (tertiary/aromatic N) is 5. The fourth-order valence-electron chi connectivity index (χ4n) is 4.55. The molecule has 0 radical (unpaired) electrons. The monoisotopic (exact) mass is 678 g/mol. The number of alkyl halides is 3. The summed E-state index contributed by atoms with van der Waals surface area (Å²) in [7, 11) is -1.18. The van der Waals surface area contributed by atoms with Crippen molar-refractivity contribution >= 4 is 36.6 Å². The topological polar surface area (TPSA) is 186 Å². The molecule has 3 aromatic heterocycles. The van der Waals surface area contributed by atoms with Gasteiger partial charge in [-0.25, -0.2) is 9.97 Å². The van der Waals surface area contributed by atoms with Crippen LogP contribution in [0.1, 0.15) is 40.7 Å². The highest BCUT2D eigenvalue weighted by Gasteiger charge is 2.36. The number of carbonyl (C=O) groups is 1. The van der Waals surface area contributed by atoms with E-state index in [2.05, 4.69) is 36.0 Å². The van der Waals surface area contributed by atoms with Crippen molar-refractivity contribution in [2.45, 2.75) is 39.2 Å². The summed E-state index contributed by atoms with van der Waals surface area (Å²) < 4.78 is 66.4. The van der Waals surface area contributed by atoms with Crippen molar-refractivity contribution in [2.24, 2.45) is 0 Å². The maximum absolute atomic E-state index is 14.1. The number of benzene rings is 1. The maximum atomic E-state index is 14.1. The molecule has 252 valence electrons. The number of ether oxygens (including phenoxy) is 1. The van der Waals surface area contributed by atoms with E-state index >= 15 is 0 Å². The molecule has 0 aliphatic rings. The molecule has 18 heteroatoms. The van der Waals surface area contributed by atoms with Gasteiger partial charge in [0.05, 0.1) is 43.1 Å². The number of halogens is 3.